The van der Waals surface area contributed by atoms with Gasteiger partial charge in [-0.15, -0.1) is 0 Å². The van der Waals surface area contributed by atoms with E-state index in [2.05, 4.69) is 19.2 Å². The van der Waals surface area contributed by atoms with Gasteiger partial charge in [0.05, 0.1) is 12.6 Å². The van der Waals surface area contributed by atoms with Gasteiger partial charge in [-0.25, -0.2) is 0 Å². The Hall–Kier alpha value is -1.36. The number of hydrogen-bond acceptors (Lipinski definition) is 4. The van der Waals surface area contributed by atoms with Gasteiger partial charge in [0.25, 0.3) is 0 Å². The van der Waals surface area contributed by atoms with Crippen molar-refractivity contribution in [3.63, 3.8) is 0 Å². The minimum Gasteiger partial charge on any atom is -0.404 e. The van der Waals surface area contributed by atoms with Gasteiger partial charge in [-0.05, 0) is 18.5 Å². The smallest absolute Gasteiger partial charge is 0.404 e. The van der Waals surface area contributed by atoms with Gasteiger partial charge in [-0.3, -0.25) is 10.1 Å². The zero-order valence-corrected chi connectivity index (χ0v) is 9.73. The van der Waals surface area contributed by atoms with Crippen LogP contribution in [0.3, 0.4) is 0 Å². The van der Waals surface area contributed by atoms with E-state index in [-0.39, 0.29) is 5.88 Å². The Bertz CT molecular complexity index is 332. The molecule has 0 saturated heterocycles. The fraction of sp³-hybridized carbons (Fsp3) is 0.636. The molecule has 90 valence electrons. The molecule has 0 spiro atoms. The van der Waals surface area contributed by atoms with Crippen LogP contribution in [0.2, 0.25) is 0 Å². The summed E-state index contributed by atoms with van der Waals surface area (Å²) in [5, 5.41) is 13.6. The van der Waals surface area contributed by atoms with Gasteiger partial charge in [0.2, 0.25) is 0 Å². The Labute approximate surface area is 95.0 Å². The van der Waals surface area contributed by atoms with E-state index in [0.29, 0.717) is 18.2 Å². The Kier molecular flexibility index (Phi) is 4.98. The summed E-state index contributed by atoms with van der Waals surface area (Å²) in [6, 6.07) is 3.02. The second kappa shape index (κ2) is 6.27. The molecule has 0 aliphatic rings. The molecule has 0 aliphatic carbocycles. The van der Waals surface area contributed by atoms with Crippen molar-refractivity contribution in [1.29, 1.82) is 0 Å². The first-order chi connectivity index (χ1) is 7.67. The fourth-order valence-electron chi connectivity index (χ4n) is 1.54. The number of nitrogens with zero attached hydrogens (tertiary/aromatic N) is 1. The van der Waals surface area contributed by atoms with E-state index in [0.717, 1.165) is 19.4 Å². The summed E-state index contributed by atoms with van der Waals surface area (Å²) in [5.74, 6) is 1.07. The molecule has 16 heavy (non-hydrogen) atoms. The third kappa shape index (κ3) is 3.66. The van der Waals surface area contributed by atoms with E-state index in [4.69, 9.17) is 4.42 Å². The van der Waals surface area contributed by atoms with Crippen LogP contribution in [0.25, 0.3) is 0 Å². The van der Waals surface area contributed by atoms with Gasteiger partial charge in [0, 0.05) is 0 Å². The van der Waals surface area contributed by atoms with Gasteiger partial charge in [0.1, 0.15) is 10.7 Å². The predicted octanol–water partition coefficient (Wildman–Crippen LogP) is 2.71. The monoisotopic (exact) mass is 226 g/mol. The van der Waals surface area contributed by atoms with E-state index >= 15 is 0 Å². The number of hydrogen-bond donors (Lipinski definition) is 1. The molecule has 0 saturated carbocycles. The summed E-state index contributed by atoms with van der Waals surface area (Å²) >= 11 is 0. The molecular formula is C11H18N2O3. The highest BCUT2D eigenvalue weighted by Crippen LogP contribution is 2.15. The van der Waals surface area contributed by atoms with Crippen LogP contribution in [0.15, 0.2) is 16.5 Å². The van der Waals surface area contributed by atoms with Crippen molar-refractivity contribution in [2.24, 2.45) is 5.92 Å². The lowest BCUT2D eigenvalue weighted by molar-refractivity contribution is -0.402. The molecule has 1 aromatic rings. The Morgan fingerprint density at radius 1 is 1.44 bits per heavy atom. The van der Waals surface area contributed by atoms with Crippen molar-refractivity contribution in [1.82, 2.24) is 5.32 Å². The Morgan fingerprint density at radius 3 is 2.62 bits per heavy atom. The molecule has 0 amide bonds. The summed E-state index contributed by atoms with van der Waals surface area (Å²) in [7, 11) is 0. The van der Waals surface area contributed by atoms with Crippen molar-refractivity contribution in [2.45, 2.75) is 33.2 Å². The van der Waals surface area contributed by atoms with Crippen LogP contribution in [-0.4, -0.2) is 11.5 Å². The van der Waals surface area contributed by atoms with Crippen molar-refractivity contribution >= 4 is 5.88 Å². The lowest BCUT2D eigenvalue weighted by atomic mass is 10.0. The summed E-state index contributed by atoms with van der Waals surface area (Å²) in [6.07, 6.45) is 2.28. The molecule has 1 rings (SSSR count). The van der Waals surface area contributed by atoms with Crippen molar-refractivity contribution < 1.29 is 9.34 Å². The molecule has 0 bridgehead atoms. The number of nitrogens with one attached hydrogen (secondary N) is 1. The lowest BCUT2D eigenvalue weighted by Crippen LogP contribution is -2.21. The lowest BCUT2D eigenvalue weighted by Gasteiger charge is -2.11. The molecule has 1 N–H and O–H groups in total. The topological polar surface area (TPSA) is 68.3 Å². The normalized spacial score (nSPS) is 10.9. The highest BCUT2D eigenvalue weighted by atomic mass is 16.6. The third-order valence-corrected chi connectivity index (χ3v) is 2.71. The molecule has 0 atom stereocenters. The molecular weight excluding hydrogens is 208 g/mol. The average Bonchev–Trinajstić information content (AvgIpc) is 2.73. The standard InChI is InChI=1S/C11H18N2O3/c1-3-9(4-2)7-12-8-10-5-6-11(16-10)13(14)15/h5-6,9,12H,3-4,7-8H2,1-2H3. The zero-order valence-electron chi connectivity index (χ0n) is 9.73. The predicted molar refractivity (Wildman–Crippen MR) is 61.1 cm³/mol. The van der Waals surface area contributed by atoms with Crippen molar-refractivity contribution in [3.8, 4) is 0 Å². The SMILES string of the molecule is CCC(CC)CNCc1ccc([N+](=O)[O-])o1. The van der Waals surface area contributed by atoms with Crippen LogP contribution in [0, 0.1) is 16.0 Å². The molecule has 0 aromatic carbocycles. The molecule has 0 aliphatic heterocycles. The Balaban J connectivity index is 2.34. The van der Waals surface area contributed by atoms with Crippen LogP contribution in [0.4, 0.5) is 5.88 Å². The average molecular weight is 226 g/mol. The van der Waals surface area contributed by atoms with E-state index in [1.54, 1.807) is 6.07 Å². The molecule has 1 aromatic heterocycles. The summed E-state index contributed by atoms with van der Waals surface area (Å²) in [6.45, 7) is 5.78. The number of rotatable bonds is 7. The maximum absolute atomic E-state index is 10.4. The highest BCUT2D eigenvalue weighted by molar-refractivity contribution is 5.17. The van der Waals surface area contributed by atoms with Gasteiger partial charge >= 0.3 is 5.88 Å². The highest BCUT2D eigenvalue weighted by Gasteiger charge is 2.11. The summed E-state index contributed by atoms with van der Waals surface area (Å²) in [5.41, 5.74) is 0. The molecule has 0 fully saturated rings. The van der Waals surface area contributed by atoms with E-state index < -0.39 is 4.92 Å². The van der Waals surface area contributed by atoms with Gasteiger partial charge < -0.3 is 9.73 Å². The van der Waals surface area contributed by atoms with E-state index in [9.17, 15) is 10.1 Å². The third-order valence-electron chi connectivity index (χ3n) is 2.71. The first-order valence-corrected chi connectivity index (χ1v) is 5.61. The van der Waals surface area contributed by atoms with Crippen LogP contribution in [-0.2, 0) is 6.54 Å². The molecule has 1 heterocycles. The molecule has 5 nitrogen and oxygen atoms in total. The van der Waals surface area contributed by atoms with Gasteiger partial charge in [0.15, 0.2) is 0 Å². The van der Waals surface area contributed by atoms with E-state index in [1.807, 2.05) is 0 Å². The van der Waals surface area contributed by atoms with Crippen LogP contribution in [0.5, 0.6) is 0 Å². The zero-order chi connectivity index (χ0) is 12.0. The summed E-state index contributed by atoms with van der Waals surface area (Å²) < 4.78 is 5.03. The molecule has 5 heteroatoms. The van der Waals surface area contributed by atoms with Crippen LogP contribution < -0.4 is 5.32 Å². The minimum absolute atomic E-state index is 0.195. The first-order valence-electron chi connectivity index (χ1n) is 5.61. The van der Waals surface area contributed by atoms with Crippen molar-refractivity contribution in [2.75, 3.05) is 6.54 Å². The summed E-state index contributed by atoms with van der Waals surface area (Å²) in [4.78, 5) is 9.86. The van der Waals surface area contributed by atoms with Gasteiger partial charge in [-0.1, -0.05) is 26.7 Å². The maximum atomic E-state index is 10.4. The first kappa shape index (κ1) is 12.7. The quantitative estimate of drug-likeness (QED) is 0.573. The second-order valence-electron chi connectivity index (χ2n) is 3.81. The molecule has 0 unspecified atom stereocenters. The number of nitro groups is 1. The molecule has 0 radical (unpaired) electrons. The maximum Gasteiger partial charge on any atom is 0.433 e. The fourth-order valence-corrected chi connectivity index (χ4v) is 1.54. The number of furan rings is 1. The van der Waals surface area contributed by atoms with Crippen LogP contribution >= 0.6 is 0 Å². The Morgan fingerprint density at radius 2 is 2.12 bits per heavy atom. The van der Waals surface area contributed by atoms with Gasteiger partial charge in [-0.2, -0.15) is 0 Å². The minimum atomic E-state index is -0.523. The van der Waals surface area contributed by atoms with E-state index in [1.165, 1.54) is 6.07 Å². The van der Waals surface area contributed by atoms with Crippen LogP contribution in [0.1, 0.15) is 32.4 Å². The second-order valence-corrected chi connectivity index (χ2v) is 3.81. The largest absolute Gasteiger partial charge is 0.433 e. The van der Waals surface area contributed by atoms with Crippen molar-refractivity contribution in [3.05, 3.63) is 28.0 Å².